The Hall–Kier alpha value is -5.63. The molecule has 14 nitrogen and oxygen atoms in total. The van der Waals surface area contributed by atoms with E-state index in [1.165, 1.54) is 14.2 Å². The molecule has 8 atom stereocenters. The number of hydrogen-bond donors (Lipinski definition) is 4. The summed E-state index contributed by atoms with van der Waals surface area (Å²) in [6, 6.07) is 17.0. The molecule has 4 heterocycles. The van der Waals surface area contributed by atoms with Crippen LogP contribution in [0.3, 0.4) is 0 Å². The summed E-state index contributed by atoms with van der Waals surface area (Å²) in [5.74, 6) is 1.74. The highest BCUT2D eigenvalue weighted by Gasteiger charge is 2.57. The summed E-state index contributed by atoms with van der Waals surface area (Å²) in [4.78, 5) is 72.6. The fourth-order valence-corrected chi connectivity index (χ4v) is 9.70. The molecular formula is C44H49ClN8O6. The van der Waals surface area contributed by atoms with Crippen molar-refractivity contribution in [2.24, 2.45) is 23.7 Å². The molecule has 0 radical (unpaired) electrons. The standard InChI is InChI=1S/C44H49ClN8O6/c1-20(2)34(49-43(56)58-5)41(54)52-30-16-26(30)18-32(52)39-46-29-14-12-25-15-24(11-13-28(25)37(29)48-39)22-7-9-23(10-8-22)36-38(45)51-40(47-36)33-19-27-17-31(27)53(33)42(55)35(21(3)4)50-44(57)59-6/h7-15,20-21,26-27,30-35H,16-19H2,1-6H3,(H,46,48)(H,47,51)(H,49,56)(H,50,57)/t26-,27-,30-,31-,32+,33+,34+,35+/m1/s1. The Bertz CT molecular complexity index is 2480. The molecule has 4 N–H and O–H groups in total. The minimum atomic E-state index is -0.716. The van der Waals surface area contributed by atoms with Crippen LogP contribution in [0.25, 0.3) is 44.2 Å². The number of likely N-dealkylation sites (tertiary alicyclic amines) is 2. The highest BCUT2D eigenvalue weighted by molar-refractivity contribution is 6.32. The van der Waals surface area contributed by atoms with E-state index in [-0.39, 0.29) is 47.8 Å². The number of nitrogens with zero attached hydrogens (tertiary/aromatic N) is 4. The van der Waals surface area contributed by atoms with Crippen molar-refractivity contribution in [3.8, 4) is 22.4 Å². The van der Waals surface area contributed by atoms with Crippen LogP contribution in [0.4, 0.5) is 9.59 Å². The van der Waals surface area contributed by atoms with Gasteiger partial charge in [-0.2, -0.15) is 0 Å². The summed E-state index contributed by atoms with van der Waals surface area (Å²) in [5.41, 5.74) is 5.28. The fraction of sp³-hybridized carbons (Fsp3) is 0.455. The number of halogens is 1. The van der Waals surface area contributed by atoms with Gasteiger partial charge >= 0.3 is 12.2 Å². The summed E-state index contributed by atoms with van der Waals surface area (Å²) in [5, 5.41) is 7.92. The highest BCUT2D eigenvalue weighted by Crippen LogP contribution is 2.55. The number of methoxy groups -OCH3 is 2. The number of benzene rings is 3. The van der Waals surface area contributed by atoms with Crippen molar-refractivity contribution in [1.82, 2.24) is 40.4 Å². The number of ether oxygens (including phenoxy) is 2. The van der Waals surface area contributed by atoms with Crippen LogP contribution < -0.4 is 10.6 Å². The Balaban J connectivity index is 0.936. The second kappa shape index (κ2) is 14.9. The molecule has 4 fully saturated rings. The maximum atomic E-state index is 13.9. The second-order valence-electron chi connectivity index (χ2n) is 17.2. The summed E-state index contributed by atoms with van der Waals surface area (Å²) in [6.45, 7) is 7.65. The Labute approximate surface area is 346 Å². The molecule has 2 aliphatic carbocycles. The first-order valence-electron chi connectivity index (χ1n) is 20.5. The number of alkyl carbamates (subject to hydrolysis) is 2. The van der Waals surface area contributed by atoms with Gasteiger partial charge < -0.3 is 39.9 Å². The third-order valence-corrected chi connectivity index (χ3v) is 13.1. The number of nitrogens with one attached hydrogen (secondary N) is 4. The van der Waals surface area contributed by atoms with E-state index in [1.807, 2.05) is 55.7 Å². The van der Waals surface area contributed by atoms with Crippen molar-refractivity contribution in [2.75, 3.05) is 14.2 Å². The first-order chi connectivity index (χ1) is 28.3. The van der Waals surface area contributed by atoms with E-state index >= 15 is 0 Å². The van der Waals surface area contributed by atoms with Gasteiger partial charge in [0.25, 0.3) is 0 Å². The van der Waals surface area contributed by atoms with Gasteiger partial charge in [-0.1, -0.05) is 81.8 Å². The highest BCUT2D eigenvalue weighted by atomic mass is 35.5. The SMILES string of the molecule is COC(=O)N[C@H](C(=O)N1[C@@H]2C[C@@H]2C[C@H]1c1nc(-c2ccc(-c3ccc4c(ccc5[nH]c([C@@H]6C[C@H]7C[C@H]7N6C(=O)[C@@H](NC(=O)OC)C(C)C)nc54)c3)cc2)c(Cl)[nH]1)C(C)C. The number of rotatable bonds is 10. The van der Waals surface area contributed by atoms with Crippen LogP contribution in [0.15, 0.2) is 54.6 Å². The maximum absolute atomic E-state index is 13.9. The average molecular weight is 821 g/mol. The van der Waals surface area contributed by atoms with Crippen LogP contribution in [-0.2, 0) is 19.1 Å². The largest absolute Gasteiger partial charge is 0.453 e. The van der Waals surface area contributed by atoms with E-state index in [4.69, 9.17) is 31.0 Å². The number of aromatic amines is 2. The number of hydrogen-bond acceptors (Lipinski definition) is 8. The molecular weight excluding hydrogens is 772 g/mol. The Morgan fingerprint density at radius 3 is 1.76 bits per heavy atom. The molecule has 2 aliphatic heterocycles. The number of imidazole rings is 2. The quantitative estimate of drug-likeness (QED) is 0.112. The lowest BCUT2D eigenvalue weighted by molar-refractivity contribution is -0.137. The minimum Gasteiger partial charge on any atom is -0.453 e. The van der Waals surface area contributed by atoms with Crippen molar-refractivity contribution >= 4 is 57.4 Å². The molecule has 0 spiro atoms. The van der Waals surface area contributed by atoms with Gasteiger partial charge in [-0.15, -0.1) is 0 Å². The number of H-pyrrole nitrogens is 2. The van der Waals surface area contributed by atoms with E-state index in [9.17, 15) is 19.2 Å². The van der Waals surface area contributed by atoms with Gasteiger partial charge in [0.15, 0.2) is 0 Å². The molecule has 59 heavy (non-hydrogen) atoms. The molecule has 5 aromatic rings. The Morgan fingerprint density at radius 2 is 1.22 bits per heavy atom. The summed E-state index contributed by atoms with van der Waals surface area (Å²) in [6.07, 6.45) is 2.27. The summed E-state index contributed by atoms with van der Waals surface area (Å²) in [7, 11) is 2.59. The van der Waals surface area contributed by atoms with Crippen LogP contribution in [0.1, 0.15) is 77.1 Å². The predicted molar refractivity (Wildman–Crippen MR) is 222 cm³/mol. The van der Waals surface area contributed by atoms with E-state index in [0.717, 1.165) is 70.0 Å². The van der Waals surface area contributed by atoms with Gasteiger partial charge in [-0.25, -0.2) is 19.6 Å². The molecule has 2 saturated heterocycles. The van der Waals surface area contributed by atoms with E-state index in [0.29, 0.717) is 28.5 Å². The molecule has 4 aliphatic rings. The average Bonchev–Trinajstić information content (AvgIpc) is 3.91. The number of carbonyl (C=O) groups is 4. The van der Waals surface area contributed by atoms with Gasteiger partial charge in [0.2, 0.25) is 11.8 Å². The fourth-order valence-electron chi connectivity index (χ4n) is 9.45. The van der Waals surface area contributed by atoms with Gasteiger partial charge in [-0.3, -0.25) is 9.59 Å². The molecule has 3 aromatic carbocycles. The number of piperidine rings is 2. The first-order valence-corrected chi connectivity index (χ1v) is 20.8. The van der Waals surface area contributed by atoms with Crippen molar-refractivity contribution in [3.05, 3.63) is 71.4 Å². The van der Waals surface area contributed by atoms with Gasteiger partial charge in [0.1, 0.15) is 34.6 Å². The molecule has 0 bridgehead atoms. The lowest BCUT2D eigenvalue weighted by atomic mass is 9.99. The summed E-state index contributed by atoms with van der Waals surface area (Å²) < 4.78 is 9.62. The van der Waals surface area contributed by atoms with Crippen molar-refractivity contribution in [2.45, 2.75) is 89.6 Å². The molecule has 4 amide bonds. The smallest absolute Gasteiger partial charge is 0.407 e. The van der Waals surface area contributed by atoms with E-state index < -0.39 is 24.3 Å². The Morgan fingerprint density at radius 1 is 0.695 bits per heavy atom. The van der Waals surface area contributed by atoms with Gasteiger partial charge in [-0.05, 0) is 78.0 Å². The van der Waals surface area contributed by atoms with E-state index in [2.05, 4.69) is 57.0 Å². The van der Waals surface area contributed by atoms with Crippen LogP contribution in [0.5, 0.6) is 0 Å². The Kier molecular flexibility index (Phi) is 9.80. The topological polar surface area (TPSA) is 175 Å². The lowest BCUT2D eigenvalue weighted by Gasteiger charge is -2.31. The second-order valence-corrected chi connectivity index (χ2v) is 17.6. The van der Waals surface area contributed by atoms with Crippen LogP contribution in [-0.4, -0.2) is 92.1 Å². The number of carbonyl (C=O) groups excluding carboxylic acids is 4. The maximum Gasteiger partial charge on any atom is 0.407 e. The predicted octanol–water partition coefficient (Wildman–Crippen LogP) is 7.51. The van der Waals surface area contributed by atoms with Crippen molar-refractivity contribution in [3.63, 3.8) is 0 Å². The van der Waals surface area contributed by atoms with Gasteiger partial charge in [0.05, 0.1) is 37.3 Å². The number of aromatic nitrogens is 4. The summed E-state index contributed by atoms with van der Waals surface area (Å²) >= 11 is 6.79. The molecule has 9 rings (SSSR count). The first kappa shape index (κ1) is 38.9. The molecule has 2 saturated carbocycles. The van der Waals surface area contributed by atoms with E-state index in [1.54, 1.807) is 0 Å². The monoisotopic (exact) mass is 820 g/mol. The third kappa shape index (κ3) is 6.94. The van der Waals surface area contributed by atoms with Crippen LogP contribution >= 0.6 is 11.6 Å². The third-order valence-electron chi connectivity index (χ3n) is 12.8. The molecule has 308 valence electrons. The number of fused-ring (bicyclic) bond motifs is 5. The van der Waals surface area contributed by atoms with Crippen molar-refractivity contribution < 1.29 is 28.7 Å². The zero-order valence-electron chi connectivity index (χ0n) is 33.9. The zero-order valence-corrected chi connectivity index (χ0v) is 34.7. The normalized spacial score (nSPS) is 23.9. The molecule has 0 unspecified atom stereocenters. The zero-order chi connectivity index (χ0) is 41.4. The van der Waals surface area contributed by atoms with Crippen LogP contribution in [0, 0.1) is 23.7 Å². The van der Waals surface area contributed by atoms with Crippen LogP contribution in [0.2, 0.25) is 5.15 Å². The number of amides is 4. The minimum absolute atomic E-state index is 0.105. The van der Waals surface area contributed by atoms with Crippen molar-refractivity contribution in [1.29, 1.82) is 0 Å². The molecule has 2 aromatic heterocycles. The lowest BCUT2D eigenvalue weighted by Crippen LogP contribution is -2.52. The molecule has 15 heteroatoms. The van der Waals surface area contributed by atoms with Gasteiger partial charge in [0, 0.05) is 23.0 Å².